The average Bonchev–Trinajstić information content (AvgIpc) is 3.39. The quantitative estimate of drug-likeness (QED) is 0.519. The minimum absolute atomic E-state index is 0.123. The van der Waals surface area contributed by atoms with Crippen molar-refractivity contribution in [1.82, 2.24) is 5.32 Å². The molecule has 0 aliphatic carbocycles. The fourth-order valence-corrected chi connectivity index (χ4v) is 3.54. The van der Waals surface area contributed by atoms with Gasteiger partial charge < -0.3 is 10.6 Å². The summed E-state index contributed by atoms with van der Waals surface area (Å²) in [7, 11) is 0. The summed E-state index contributed by atoms with van der Waals surface area (Å²) in [5.74, 6) is -0.533. The number of carbonyl (C=O) groups is 2. The number of hydrogen-bond donors (Lipinski definition) is 2. The summed E-state index contributed by atoms with van der Waals surface area (Å²) in [6, 6.07) is 21.5. The molecule has 2 aromatic carbocycles. The Morgan fingerprint density at radius 1 is 0.897 bits per heavy atom. The van der Waals surface area contributed by atoms with E-state index in [4.69, 9.17) is 0 Å². The maximum Gasteiger partial charge on any atom is 0.268 e. The molecule has 3 aromatic rings. The predicted octanol–water partition coefficient (Wildman–Crippen LogP) is 3.81. The van der Waals surface area contributed by atoms with Gasteiger partial charge in [0, 0.05) is 16.8 Å². The van der Waals surface area contributed by atoms with Gasteiger partial charge in [0.1, 0.15) is 17.5 Å². The number of fused-ring (bicyclic) bond motifs is 1. The van der Waals surface area contributed by atoms with E-state index < -0.39 is 5.91 Å². The first-order valence-corrected chi connectivity index (χ1v) is 9.59. The number of aliphatic imine (C=N–C) groups is 1. The van der Waals surface area contributed by atoms with Crippen LogP contribution >= 0.6 is 11.3 Å². The van der Waals surface area contributed by atoms with Gasteiger partial charge in [-0.25, -0.2) is 4.99 Å². The highest BCUT2D eigenvalue weighted by Gasteiger charge is 2.27. The Labute approximate surface area is 170 Å². The second kappa shape index (κ2) is 7.92. The van der Waals surface area contributed by atoms with E-state index in [2.05, 4.69) is 15.6 Å². The zero-order valence-electron chi connectivity index (χ0n) is 15.0. The van der Waals surface area contributed by atoms with Crippen molar-refractivity contribution >= 4 is 40.4 Å². The molecular formula is C22H14N4O2S. The molecule has 4 rings (SSSR count). The van der Waals surface area contributed by atoms with Crippen molar-refractivity contribution < 1.29 is 9.59 Å². The van der Waals surface area contributed by atoms with E-state index in [-0.39, 0.29) is 17.2 Å². The minimum Gasteiger partial charge on any atom is -0.321 e. The van der Waals surface area contributed by atoms with Crippen LogP contribution in [-0.4, -0.2) is 17.6 Å². The van der Waals surface area contributed by atoms with Gasteiger partial charge in [0.15, 0.2) is 0 Å². The van der Waals surface area contributed by atoms with E-state index in [0.717, 1.165) is 0 Å². The Balaban J connectivity index is 1.71. The fourth-order valence-electron chi connectivity index (χ4n) is 2.92. The number of thiophene rings is 1. The Morgan fingerprint density at radius 2 is 1.62 bits per heavy atom. The van der Waals surface area contributed by atoms with Crippen LogP contribution in [0, 0.1) is 11.3 Å². The molecule has 6 nitrogen and oxygen atoms in total. The Bertz CT molecular complexity index is 1190. The largest absolute Gasteiger partial charge is 0.321 e. The van der Waals surface area contributed by atoms with Crippen molar-refractivity contribution in [2.45, 2.75) is 0 Å². The third kappa shape index (κ3) is 3.70. The zero-order chi connectivity index (χ0) is 20.2. The number of nitriles is 1. The summed E-state index contributed by atoms with van der Waals surface area (Å²) >= 11 is 1.32. The lowest BCUT2D eigenvalue weighted by Gasteiger charge is -2.06. The Kier molecular flexibility index (Phi) is 5.01. The number of carbonyl (C=O) groups excluding carboxylic acids is 2. The van der Waals surface area contributed by atoms with Gasteiger partial charge in [-0.05, 0) is 23.6 Å². The zero-order valence-corrected chi connectivity index (χ0v) is 15.9. The van der Waals surface area contributed by atoms with E-state index in [9.17, 15) is 14.9 Å². The molecule has 0 saturated carbocycles. The van der Waals surface area contributed by atoms with E-state index in [1.165, 1.54) is 11.3 Å². The van der Waals surface area contributed by atoms with Gasteiger partial charge in [0.25, 0.3) is 11.8 Å². The molecule has 1 aliphatic rings. The summed E-state index contributed by atoms with van der Waals surface area (Å²) in [4.78, 5) is 30.1. The van der Waals surface area contributed by atoms with E-state index in [0.29, 0.717) is 27.5 Å². The predicted molar refractivity (Wildman–Crippen MR) is 112 cm³/mol. The first-order chi connectivity index (χ1) is 14.2. The van der Waals surface area contributed by atoms with E-state index in [1.807, 2.05) is 23.6 Å². The number of amidine groups is 1. The molecule has 0 fully saturated rings. The van der Waals surface area contributed by atoms with Crippen molar-refractivity contribution in [3.8, 4) is 6.07 Å². The van der Waals surface area contributed by atoms with Gasteiger partial charge in [-0.15, -0.1) is 11.3 Å². The molecule has 0 unspecified atom stereocenters. The average molecular weight is 398 g/mol. The topological polar surface area (TPSA) is 94.3 Å². The summed E-state index contributed by atoms with van der Waals surface area (Å²) in [6.07, 6.45) is 0. The smallest absolute Gasteiger partial charge is 0.268 e. The molecule has 0 bridgehead atoms. The second-order valence-electron chi connectivity index (χ2n) is 6.09. The highest BCUT2D eigenvalue weighted by atomic mass is 32.1. The van der Waals surface area contributed by atoms with Gasteiger partial charge in [-0.1, -0.05) is 48.5 Å². The standard InChI is InChI=1S/C22H14N4O2S/c23-13-17(21(27)24-14-7-2-1-3-8-14)19-15-9-4-5-10-16(15)20(25-19)26-22(28)18-11-6-12-29-18/h1-12H,(H,24,27)(H,25,26,28). The van der Waals surface area contributed by atoms with Crippen molar-refractivity contribution in [2.75, 3.05) is 5.32 Å². The molecule has 1 aliphatic heterocycles. The lowest BCUT2D eigenvalue weighted by Crippen LogP contribution is -2.29. The number of rotatable bonds is 3. The maximum atomic E-state index is 12.7. The van der Waals surface area contributed by atoms with Gasteiger partial charge in [-0.3, -0.25) is 9.59 Å². The molecule has 0 spiro atoms. The summed E-state index contributed by atoms with van der Waals surface area (Å²) in [5, 5.41) is 17.0. The van der Waals surface area contributed by atoms with Crippen LogP contribution in [0.2, 0.25) is 0 Å². The van der Waals surface area contributed by atoms with Crippen molar-refractivity contribution in [3.63, 3.8) is 0 Å². The SMILES string of the molecule is N#CC(C(=O)Nc1ccccc1)=C1N=C(NC(=O)c2cccs2)c2ccccc21. The molecule has 7 heteroatoms. The van der Waals surface area contributed by atoms with Crippen LogP contribution < -0.4 is 10.6 Å². The third-order valence-electron chi connectivity index (χ3n) is 4.25. The monoisotopic (exact) mass is 398 g/mol. The number of benzene rings is 2. The van der Waals surface area contributed by atoms with Crippen molar-refractivity contribution in [3.05, 3.63) is 93.7 Å². The van der Waals surface area contributed by atoms with Crippen LogP contribution in [0.15, 0.2) is 82.7 Å². The first kappa shape index (κ1) is 18.3. The molecule has 140 valence electrons. The van der Waals surface area contributed by atoms with Crippen LogP contribution in [0.5, 0.6) is 0 Å². The fraction of sp³-hybridized carbons (Fsp3) is 0. The lowest BCUT2D eigenvalue weighted by atomic mass is 10.0. The maximum absolute atomic E-state index is 12.7. The van der Waals surface area contributed by atoms with Crippen LogP contribution in [0.25, 0.3) is 5.70 Å². The van der Waals surface area contributed by atoms with Crippen LogP contribution in [0.3, 0.4) is 0 Å². The number of amides is 2. The summed E-state index contributed by atoms with van der Waals surface area (Å²) < 4.78 is 0. The Hall–Kier alpha value is -4.02. The molecule has 2 amide bonds. The van der Waals surface area contributed by atoms with Crippen LogP contribution in [0.1, 0.15) is 20.8 Å². The highest BCUT2D eigenvalue weighted by Crippen LogP contribution is 2.31. The molecule has 1 aromatic heterocycles. The number of nitrogens with zero attached hydrogens (tertiary/aromatic N) is 2. The lowest BCUT2D eigenvalue weighted by molar-refractivity contribution is -0.112. The molecule has 0 radical (unpaired) electrons. The molecule has 29 heavy (non-hydrogen) atoms. The number of para-hydroxylation sites is 1. The Morgan fingerprint density at radius 3 is 2.31 bits per heavy atom. The summed E-state index contributed by atoms with van der Waals surface area (Å²) in [5.41, 5.74) is 1.97. The number of anilines is 1. The van der Waals surface area contributed by atoms with E-state index >= 15 is 0 Å². The number of hydrogen-bond acceptors (Lipinski definition) is 5. The second-order valence-corrected chi connectivity index (χ2v) is 7.04. The third-order valence-corrected chi connectivity index (χ3v) is 5.11. The normalized spacial score (nSPS) is 13.7. The van der Waals surface area contributed by atoms with Gasteiger partial charge >= 0.3 is 0 Å². The molecular weight excluding hydrogens is 384 g/mol. The highest BCUT2D eigenvalue weighted by molar-refractivity contribution is 7.12. The van der Waals surface area contributed by atoms with Crippen LogP contribution in [-0.2, 0) is 4.79 Å². The van der Waals surface area contributed by atoms with Gasteiger partial charge in [0.2, 0.25) is 0 Å². The molecule has 2 heterocycles. The van der Waals surface area contributed by atoms with E-state index in [1.54, 1.807) is 54.6 Å². The molecule has 0 atom stereocenters. The molecule has 0 saturated heterocycles. The summed E-state index contributed by atoms with van der Waals surface area (Å²) in [6.45, 7) is 0. The van der Waals surface area contributed by atoms with Crippen LogP contribution in [0.4, 0.5) is 5.69 Å². The van der Waals surface area contributed by atoms with Crippen molar-refractivity contribution in [2.24, 2.45) is 4.99 Å². The number of nitrogens with one attached hydrogen (secondary N) is 2. The van der Waals surface area contributed by atoms with Gasteiger partial charge in [0.05, 0.1) is 10.6 Å². The van der Waals surface area contributed by atoms with Gasteiger partial charge in [-0.2, -0.15) is 5.26 Å². The first-order valence-electron chi connectivity index (χ1n) is 8.71. The molecule has 2 N–H and O–H groups in total. The van der Waals surface area contributed by atoms with Crippen molar-refractivity contribution in [1.29, 1.82) is 5.26 Å². The minimum atomic E-state index is -0.557.